The first-order valence-corrected chi connectivity index (χ1v) is 10.4. The predicted molar refractivity (Wildman–Crippen MR) is 123 cm³/mol. The van der Waals surface area contributed by atoms with Crippen molar-refractivity contribution in [2.45, 2.75) is 19.9 Å². The summed E-state index contributed by atoms with van der Waals surface area (Å²) in [5, 5.41) is 3.69. The molecule has 1 amide bonds. The first kappa shape index (κ1) is 20.9. The summed E-state index contributed by atoms with van der Waals surface area (Å²) in [5.74, 6) is -0.518. The van der Waals surface area contributed by atoms with Crippen LogP contribution in [0.5, 0.6) is 0 Å². The zero-order valence-corrected chi connectivity index (χ0v) is 18.0. The molecule has 0 aliphatic heterocycles. The third-order valence-corrected chi connectivity index (χ3v) is 5.60. The van der Waals surface area contributed by atoms with Gasteiger partial charge in [-0.2, -0.15) is 0 Å². The van der Waals surface area contributed by atoms with Crippen LogP contribution in [0.15, 0.2) is 84.9 Å². The number of nitrogens with zero attached hydrogens (tertiary/aromatic N) is 1. The molecular weight excluding hydrogens is 411 g/mol. The van der Waals surface area contributed by atoms with Crippen molar-refractivity contribution in [2.75, 3.05) is 0 Å². The van der Waals surface area contributed by atoms with Gasteiger partial charge in [0.2, 0.25) is 0 Å². The quantitative estimate of drug-likeness (QED) is 0.372. The minimum Gasteiger partial charge on any atom is -0.345 e. The average molecular weight is 433 g/mol. The summed E-state index contributed by atoms with van der Waals surface area (Å²) in [6.07, 6.45) is 0. The Balaban J connectivity index is 1.77. The lowest BCUT2D eigenvalue weighted by molar-refractivity contribution is 0.0939. The molecule has 1 aromatic heterocycles. The monoisotopic (exact) mass is 432 g/mol. The van der Waals surface area contributed by atoms with E-state index in [-0.39, 0.29) is 17.8 Å². The van der Waals surface area contributed by atoms with E-state index in [0.29, 0.717) is 16.3 Å². The highest BCUT2D eigenvalue weighted by atomic mass is 35.5. The van der Waals surface area contributed by atoms with Crippen molar-refractivity contribution in [3.05, 3.63) is 113 Å². The predicted octanol–water partition coefficient (Wildman–Crippen LogP) is 6.74. The van der Waals surface area contributed by atoms with E-state index in [4.69, 9.17) is 11.6 Å². The summed E-state index contributed by atoms with van der Waals surface area (Å²) >= 11 is 6.06. The third-order valence-electron chi connectivity index (χ3n) is 5.35. The summed E-state index contributed by atoms with van der Waals surface area (Å²) in [6.45, 7) is 3.82. The molecule has 31 heavy (non-hydrogen) atoms. The number of halogens is 2. The lowest BCUT2D eigenvalue weighted by Gasteiger charge is -2.15. The minimum absolute atomic E-state index is 0.149. The Hall–Kier alpha value is -3.37. The van der Waals surface area contributed by atoms with E-state index in [9.17, 15) is 9.18 Å². The van der Waals surface area contributed by atoms with Crippen molar-refractivity contribution < 1.29 is 9.18 Å². The SMILES string of the molecule is Cc1c(C(=O)NC(C)c2ccccc2)cc(-c2ccc(Cl)cc2)n1-c1cccc(F)c1. The van der Waals surface area contributed by atoms with E-state index in [1.54, 1.807) is 18.2 Å². The molecule has 0 radical (unpaired) electrons. The highest BCUT2D eigenvalue weighted by Gasteiger charge is 2.21. The van der Waals surface area contributed by atoms with Gasteiger partial charge < -0.3 is 9.88 Å². The van der Waals surface area contributed by atoms with Crippen molar-refractivity contribution in [1.29, 1.82) is 0 Å². The van der Waals surface area contributed by atoms with Gasteiger partial charge in [-0.1, -0.05) is 60.1 Å². The molecule has 0 saturated heterocycles. The Morgan fingerprint density at radius 2 is 1.68 bits per heavy atom. The zero-order valence-electron chi connectivity index (χ0n) is 17.3. The van der Waals surface area contributed by atoms with Gasteiger partial charge in [0.05, 0.1) is 17.3 Å². The second-order valence-electron chi connectivity index (χ2n) is 7.46. The van der Waals surface area contributed by atoms with Crippen LogP contribution in [0.3, 0.4) is 0 Å². The highest BCUT2D eigenvalue weighted by molar-refractivity contribution is 6.30. The molecular formula is C26H22ClFN2O. The molecule has 3 nitrogen and oxygen atoms in total. The Kier molecular flexibility index (Phi) is 5.92. The second-order valence-corrected chi connectivity index (χ2v) is 7.89. The Bertz CT molecular complexity index is 1220. The Morgan fingerprint density at radius 1 is 0.968 bits per heavy atom. The highest BCUT2D eigenvalue weighted by Crippen LogP contribution is 2.31. The topological polar surface area (TPSA) is 34.0 Å². The van der Waals surface area contributed by atoms with Gasteiger partial charge in [0, 0.05) is 16.4 Å². The summed E-state index contributed by atoms with van der Waals surface area (Å²) < 4.78 is 15.9. The number of hydrogen-bond donors (Lipinski definition) is 1. The fraction of sp³-hybridized carbons (Fsp3) is 0.115. The molecule has 0 fully saturated rings. The lowest BCUT2D eigenvalue weighted by atomic mass is 10.1. The van der Waals surface area contributed by atoms with Crippen molar-refractivity contribution in [3.63, 3.8) is 0 Å². The largest absolute Gasteiger partial charge is 0.345 e. The average Bonchev–Trinajstić information content (AvgIpc) is 3.12. The summed E-state index contributed by atoms with van der Waals surface area (Å²) in [6, 6.07) is 25.2. The van der Waals surface area contributed by atoms with Crippen LogP contribution in [0.4, 0.5) is 4.39 Å². The normalized spacial score (nSPS) is 11.9. The number of nitrogens with one attached hydrogen (secondary N) is 1. The molecule has 1 atom stereocenters. The van der Waals surface area contributed by atoms with Crippen LogP contribution in [0.1, 0.15) is 34.6 Å². The smallest absolute Gasteiger partial charge is 0.253 e. The van der Waals surface area contributed by atoms with Crippen molar-refractivity contribution in [2.24, 2.45) is 0 Å². The van der Waals surface area contributed by atoms with E-state index in [1.807, 2.05) is 73.0 Å². The molecule has 0 spiro atoms. The second kappa shape index (κ2) is 8.78. The van der Waals surface area contributed by atoms with E-state index in [1.165, 1.54) is 12.1 Å². The molecule has 156 valence electrons. The number of rotatable bonds is 5. The molecule has 0 bridgehead atoms. The van der Waals surface area contributed by atoms with Crippen LogP contribution in [0.25, 0.3) is 16.9 Å². The maximum atomic E-state index is 14.0. The molecule has 0 saturated carbocycles. The third kappa shape index (κ3) is 4.39. The van der Waals surface area contributed by atoms with Gasteiger partial charge in [-0.15, -0.1) is 0 Å². The van der Waals surface area contributed by atoms with Gasteiger partial charge in [-0.05, 0) is 61.4 Å². The van der Waals surface area contributed by atoms with E-state index < -0.39 is 0 Å². The maximum Gasteiger partial charge on any atom is 0.253 e. The van der Waals surface area contributed by atoms with Crippen LogP contribution in [-0.2, 0) is 0 Å². The summed E-state index contributed by atoms with van der Waals surface area (Å²) in [4.78, 5) is 13.2. The maximum absolute atomic E-state index is 14.0. The van der Waals surface area contributed by atoms with Gasteiger partial charge >= 0.3 is 0 Å². The summed E-state index contributed by atoms with van der Waals surface area (Å²) in [7, 11) is 0. The Labute approximate surface area is 186 Å². The fourth-order valence-corrected chi connectivity index (χ4v) is 3.84. The number of hydrogen-bond acceptors (Lipinski definition) is 1. The van der Waals surface area contributed by atoms with Gasteiger partial charge in [0.15, 0.2) is 0 Å². The van der Waals surface area contributed by atoms with E-state index >= 15 is 0 Å². The van der Waals surface area contributed by atoms with Gasteiger partial charge in [0.25, 0.3) is 5.91 Å². The first-order valence-electron chi connectivity index (χ1n) is 10.0. The molecule has 0 aliphatic carbocycles. The number of carbonyl (C=O) groups excluding carboxylic acids is 1. The number of amides is 1. The van der Waals surface area contributed by atoms with Crippen molar-refractivity contribution in [3.8, 4) is 16.9 Å². The minimum atomic E-state index is -0.337. The molecule has 1 heterocycles. The molecule has 1 N–H and O–H groups in total. The van der Waals surface area contributed by atoms with Gasteiger partial charge in [-0.3, -0.25) is 4.79 Å². The van der Waals surface area contributed by atoms with E-state index in [0.717, 1.165) is 22.5 Å². The molecule has 0 aliphatic rings. The summed E-state index contributed by atoms with van der Waals surface area (Å²) in [5.41, 5.74) is 4.61. The standard InChI is InChI=1S/C26H22ClFN2O/c1-17(19-7-4-3-5-8-19)29-26(31)24-16-25(20-11-13-21(27)14-12-20)30(18(24)2)23-10-6-9-22(28)15-23/h3-17H,1-2H3,(H,29,31). The van der Waals surface area contributed by atoms with Crippen LogP contribution in [-0.4, -0.2) is 10.5 Å². The number of carbonyl (C=O) groups is 1. The van der Waals surface area contributed by atoms with Crippen LogP contribution >= 0.6 is 11.6 Å². The van der Waals surface area contributed by atoms with Gasteiger partial charge in [0.1, 0.15) is 5.82 Å². The molecule has 3 aromatic carbocycles. The van der Waals surface area contributed by atoms with Crippen molar-refractivity contribution >= 4 is 17.5 Å². The fourth-order valence-electron chi connectivity index (χ4n) is 3.72. The van der Waals surface area contributed by atoms with E-state index in [2.05, 4.69) is 5.32 Å². The van der Waals surface area contributed by atoms with Crippen LogP contribution < -0.4 is 5.32 Å². The molecule has 4 aromatic rings. The Morgan fingerprint density at radius 3 is 2.35 bits per heavy atom. The van der Waals surface area contributed by atoms with Crippen LogP contribution in [0.2, 0.25) is 5.02 Å². The van der Waals surface area contributed by atoms with Crippen molar-refractivity contribution in [1.82, 2.24) is 9.88 Å². The lowest BCUT2D eigenvalue weighted by Crippen LogP contribution is -2.27. The zero-order chi connectivity index (χ0) is 22.0. The first-order chi connectivity index (χ1) is 14.9. The van der Waals surface area contributed by atoms with Gasteiger partial charge in [-0.25, -0.2) is 4.39 Å². The van der Waals surface area contributed by atoms with Crippen LogP contribution in [0, 0.1) is 12.7 Å². The molecule has 4 rings (SSSR count). The molecule has 5 heteroatoms. The number of aromatic nitrogens is 1. The number of benzene rings is 3. The molecule has 1 unspecified atom stereocenters.